The van der Waals surface area contributed by atoms with Crippen LogP contribution in [0, 0.1) is 13.8 Å². The van der Waals surface area contributed by atoms with Crippen LogP contribution in [0.5, 0.6) is 5.75 Å². The van der Waals surface area contributed by atoms with Gasteiger partial charge in [0.05, 0.1) is 24.9 Å². The number of rotatable bonds is 7. The largest absolute Gasteiger partial charge is 0.495 e. The lowest BCUT2D eigenvalue weighted by Gasteiger charge is -2.11. The van der Waals surface area contributed by atoms with E-state index >= 15 is 0 Å². The van der Waals surface area contributed by atoms with Crippen LogP contribution >= 0.6 is 0 Å². The minimum absolute atomic E-state index is 0.248. The molecule has 8 heteroatoms. The zero-order valence-corrected chi connectivity index (χ0v) is 15.4. The first kappa shape index (κ1) is 19.9. The van der Waals surface area contributed by atoms with Gasteiger partial charge in [-0.3, -0.25) is 14.6 Å². The number of hydrogen-bond acceptors (Lipinski definition) is 6. The lowest BCUT2D eigenvalue weighted by atomic mass is 10.2. The average Bonchev–Trinajstić information content (AvgIpc) is 2.65. The van der Waals surface area contributed by atoms with Crippen LogP contribution in [0.3, 0.4) is 0 Å². The molecule has 0 atom stereocenters. The number of methoxy groups -OCH3 is 1. The van der Waals surface area contributed by atoms with E-state index in [0.717, 1.165) is 11.3 Å². The van der Waals surface area contributed by atoms with E-state index in [1.54, 1.807) is 31.2 Å². The van der Waals surface area contributed by atoms with Gasteiger partial charge in [-0.05, 0) is 43.7 Å². The maximum absolute atomic E-state index is 12.0. The summed E-state index contributed by atoms with van der Waals surface area (Å²) in [7, 11) is 1.50. The van der Waals surface area contributed by atoms with Crippen LogP contribution in [0.25, 0.3) is 0 Å². The van der Waals surface area contributed by atoms with Crippen molar-refractivity contribution in [2.75, 3.05) is 25.6 Å². The maximum atomic E-state index is 12.0. The van der Waals surface area contributed by atoms with Crippen LogP contribution in [0.2, 0.25) is 0 Å². The smallest absolute Gasteiger partial charge is 0.340 e. The second-order valence-electron chi connectivity index (χ2n) is 5.79. The Balaban J connectivity index is 1.78. The Morgan fingerprint density at radius 2 is 1.85 bits per heavy atom. The van der Waals surface area contributed by atoms with Crippen molar-refractivity contribution >= 4 is 23.5 Å². The van der Waals surface area contributed by atoms with Gasteiger partial charge in [0.25, 0.3) is 5.91 Å². The highest BCUT2D eigenvalue weighted by Gasteiger charge is 2.12. The minimum atomic E-state index is -0.661. The summed E-state index contributed by atoms with van der Waals surface area (Å²) in [5.74, 6) is -1.16. The topological polar surface area (TPSA) is 107 Å². The van der Waals surface area contributed by atoms with E-state index in [-0.39, 0.29) is 12.1 Å². The first-order valence-corrected chi connectivity index (χ1v) is 8.20. The summed E-state index contributed by atoms with van der Waals surface area (Å²) in [6.45, 7) is 2.92. The van der Waals surface area contributed by atoms with Gasteiger partial charge in [0.2, 0.25) is 5.91 Å². The molecule has 2 amide bonds. The van der Waals surface area contributed by atoms with Crippen molar-refractivity contribution in [2.45, 2.75) is 13.8 Å². The fourth-order valence-electron chi connectivity index (χ4n) is 2.15. The molecule has 2 rings (SSSR count). The van der Waals surface area contributed by atoms with Gasteiger partial charge in [0.1, 0.15) is 5.75 Å². The number of ether oxygens (including phenoxy) is 2. The number of aromatic nitrogens is 1. The van der Waals surface area contributed by atoms with Crippen LogP contribution < -0.4 is 15.4 Å². The van der Waals surface area contributed by atoms with E-state index in [1.165, 1.54) is 13.3 Å². The lowest BCUT2D eigenvalue weighted by Crippen LogP contribution is -2.35. The number of hydrogen-bond donors (Lipinski definition) is 2. The summed E-state index contributed by atoms with van der Waals surface area (Å²) in [4.78, 5) is 39.5. The lowest BCUT2D eigenvalue weighted by molar-refractivity contribution is -0.126. The summed E-state index contributed by atoms with van der Waals surface area (Å²) in [6.07, 6.45) is 1.37. The third-order valence-electron chi connectivity index (χ3n) is 3.56. The molecule has 8 nitrogen and oxygen atoms in total. The number of esters is 1. The van der Waals surface area contributed by atoms with Crippen LogP contribution in [-0.2, 0) is 14.3 Å². The van der Waals surface area contributed by atoms with Crippen LogP contribution in [0.1, 0.15) is 21.6 Å². The molecule has 27 heavy (non-hydrogen) atoms. The molecule has 0 bridgehead atoms. The van der Waals surface area contributed by atoms with Gasteiger partial charge in [0.15, 0.2) is 6.61 Å². The molecule has 0 aliphatic rings. The van der Waals surface area contributed by atoms with Crippen molar-refractivity contribution < 1.29 is 23.9 Å². The molecule has 2 N–H and O–H groups in total. The summed E-state index contributed by atoms with van der Waals surface area (Å²) in [5.41, 5.74) is 2.47. The predicted molar refractivity (Wildman–Crippen MR) is 98.6 cm³/mol. The van der Waals surface area contributed by atoms with Crippen LogP contribution in [0.15, 0.2) is 36.5 Å². The number of benzene rings is 1. The minimum Gasteiger partial charge on any atom is -0.495 e. The number of aryl methyl sites for hydroxylation is 2. The Labute approximate surface area is 156 Å². The van der Waals surface area contributed by atoms with E-state index < -0.39 is 24.4 Å². The van der Waals surface area contributed by atoms with Crippen molar-refractivity contribution in [3.05, 3.63) is 53.3 Å². The zero-order chi connectivity index (χ0) is 19.8. The van der Waals surface area contributed by atoms with Crippen molar-refractivity contribution in [3.63, 3.8) is 0 Å². The summed E-state index contributed by atoms with van der Waals surface area (Å²) < 4.78 is 10.1. The first-order valence-electron chi connectivity index (χ1n) is 8.20. The number of nitrogens with zero attached hydrogens (tertiary/aromatic N) is 1. The third-order valence-corrected chi connectivity index (χ3v) is 3.56. The number of carbonyl (C=O) groups is 3. The van der Waals surface area contributed by atoms with Crippen LogP contribution in [0.4, 0.5) is 5.69 Å². The molecule has 0 saturated carbocycles. The molecule has 0 saturated heterocycles. The molecule has 2 aromatic rings. The van der Waals surface area contributed by atoms with Gasteiger partial charge in [-0.2, -0.15) is 0 Å². The molecule has 0 aliphatic carbocycles. The Kier molecular flexibility index (Phi) is 6.87. The van der Waals surface area contributed by atoms with E-state index in [9.17, 15) is 14.4 Å². The summed E-state index contributed by atoms with van der Waals surface area (Å²) in [6, 6.07) is 8.58. The van der Waals surface area contributed by atoms with Gasteiger partial charge in [0, 0.05) is 11.9 Å². The van der Waals surface area contributed by atoms with E-state index in [2.05, 4.69) is 15.6 Å². The normalized spacial score (nSPS) is 10.0. The second-order valence-corrected chi connectivity index (χ2v) is 5.79. The standard InChI is InChI=1S/C19H21N3O5/c1-12-4-7-16(26-3)15(8-12)22-17(23)10-21-18(24)11-27-19(25)14-6-5-13(2)20-9-14/h4-9H,10-11H2,1-3H3,(H,21,24)(H,22,23). The van der Waals surface area contributed by atoms with Gasteiger partial charge >= 0.3 is 5.97 Å². The Hall–Kier alpha value is -3.42. The molecule has 1 aromatic heterocycles. The molecule has 0 unspecified atom stereocenters. The Morgan fingerprint density at radius 1 is 1.07 bits per heavy atom. The van der Waals surface area contributed by atoms with Crippen molar-refractivity contribution in [2.24, 2.45) is 0 Å². The molecular formula is C19H21N3O5. The van der Waals surface area contributed by atoms with Crippen molar-refractivity contribution in [1.29, 1.82) is 0 Å². The molecule has 0 spiro atoms. The predicted octanol–water partition coefficient (Wildman–Crippen LogP) is 1.62. The number of anilines is 1. The SMILES string of the molecule is COc1ccc(C)cc1NC(=O)CNC(=O)COC(=O)c1ccc(C)nc1. The molecular weight excluding hydrogens is 350 g/mol. The highest BCUT2D eigenvalue weighted by molar-refractivity contribution is 5.96. The number of amides is 2. The maximum Gasteiger partial charge on any atom is 0.340 e. The third kappa shape index (κ3) is 6.10. The van der Waals surface area contributed by atoms with Crippen molar-refractivity contribution in [3.8, 4) is 5.75 Å². The monoisotopic (exact) mass is 371 g/mol. The van der Waals surface area contributed by atoms with E-state index in [1.807, 2.05) is 13.0 Å². The summed E-state index contributed by atoms with van der Waals surface area (Å²) >= 11 is 0. The second kappa shape index (κ2) is 9.33. The molecule has 0 fully saturated rings. The zero-order valence-electron chi connectivity index (χ0n) is 15.4. The van der Waals surface area contributed by atoms with Crippen molar-refractivity contribution in [1.82, 2.24) is 10.3 Å². The highest BCUT2D eigenvalue weighted by atomic mass is 16.5. The molecule has 1 aromatic carbocycles. The Morgan fingerprint density at radius 3 is 2.52 bits per heavy atom. The van der Waals surface area contributed by atoms with Gasteiger partial charge < -0.3 is 20.1 Å². The Bertz CT molecular complexity index is 834. The van der Waals surface area contributed by atoms with E-state index in [0.29, 0.717) is 11.4 Å². The van der Waals surface area contributed by atoms with Gasteiger partial charge in [-0.15, -0.1) is 0 Å². The summed E-state index contributed by atoms with van der Waals surface area (Å²) in [5, 5.41) is 5.05. The van der Waals surface area contributed by atoms with E-state index in [4.69, 9.17) is 9.47 Å². The van der Waals surface area contributed by atoms with Crippen LogP contribution in [-0.4, -0.2) is 43.0 Å². The molecule has 142 valence electrons. The fraction of sp³-hybridized carbons (Fsp3) is 0.263. The number of carbonyl (C=O) groups excluding carboxylic acids is 3. The number of pyridine rings is 1. The molecule has 0 radical (unpaired) electrons. The molecule has 1 heterocycles. The van der Waals surface area contributed by atoms with Gasteiger partial charge in [-0.25, -0.2) is 4.79 Å². The molecule has 0 aliphatic heterocycles. The van der Waals surface area contributed by atoms with Gasteiger partial charge in [-0.1, -0.05) is 6.07 Å². The quantitative estimate of drug-likeness (QED) is 0.717. The highest BCUT2D eigenvalue weighted by Crippen LogP contribution is 2.24. The average molecular weight is 371 g/mol. The first-order chi connectivity index (χ1) is 12.9. The number of nitrogens with one attached hydrogen (secondary N) is 2. The fourth-order valence-corrected chi connectivity index (χ4v) is 2.15.